The minimum atomic E-state index is -0.393. The van der Waals surface area contributed by atoms with Crippen molar-refractivity contribution in [1.29, 1.82) is 0 Å². The van der Waals surface area contributed by atoms with Crippen molar-refractivity contribution in [2.45, 2.75) is 6.92 Å². The Hall–Kier alpha value is -3.87. The zero-order valence-corrected chi connectivity index (χ0v) is 17.3. The van der Waals surface area contributed by atoms with Gasteiger partial charge in [0.15, 0.2) is 0 Å². The number of aromatic nitrogens is 1. The fourth-order valence-corrected chi connectivity index (χ4v) is 3.56. The number of hydrogen-bond acceptors (Lipinski definition) is 6. The molecule has 0 spiro atoms. The first kappa shape index (κ1) is 20.4. The molecule has 4 rings (SSSR count). The molecular weight excluding hydrogens is 392 g/mol. The monoisotopic (exact) mass is 416 g/mol. The Bertz CT molecular complexity index is 1030. The van der Waals surface area contributed by atoms with Crippen LogP contribution in [0.2, 0.25) is 0 Å². The van der Waals surface area contributed by atoms with E-state index in [-0.39, 0.29) is 5.91 Å². The van der Waals surface area contributed by atoms with Crippen molar-refractivity contribution in [3.05, 3.63) is 78.6 Å². The quantitative estimate of drug-likeness (QED) is 0.506. The number of benzene rings is 2. The van der Waals surface area contributed by atoms with Gasteiger partial charge in [-0.3, -0.25) is 14.6 Å². The second-order valence-electron chi connectivity index (χ2n) is 7.30. The summed E-state index contributed by atoms with van der Waals surface area (Å²) < 4.78 is 4.99. The number of piperazine rings is 1. The number of carbonyl (C=O) groups excluding carboxylic acids is 2. The van der Waals surface area contributed by atoms with Crippen molar-refractivity contribution >= 4 is 28.9 Å². The largest absolute Gasteiger partial charge is 0.427 e. The van der Waals surface area contributed by atoms with Crippen molar-refractivity contribution in [2.24, 2.45) is 0 Å². The van der Waals surface area contributed by atoms with Crippen LogP contribution in [0.15, 0.2) is 73.1 Å². The van der Waals surface area contributed by atoms with Crippen LogP contribution in [0.5, 0.6) is 5.75 Å². The van der Waals surface area contributed by atoms with E-state index in [4.69, 9.17) is 4.74 Å². The van der Waals surface area contributed by atoms with Crippen LogP contribution in [0, 0.1) is 0 Å². The average molecular weight is 416 g/mol. The summed E-state index contributed by atoms with van der Waals surface area (Å²) in [6, 6.07) is 18.4. The Balaban J connectivity index is 1.32. The second kappa shape index (κ2) is 9.30. The van der Waals surface area contributed by atoms with Crippen LogP contribution in [0.1, 0.15) is 17.3 Å². The first-order valence-corrected chi connectivity index (χ1v) is 10.2. The van der Waals surface area contributed by atoms with Gasteiger partial charge < -0.3 is 19.9 Å². The summed E-state index contributed by atoms with van der Waals surface area (Å²) in [6.45, 7) is 5.07. The van der Waals surface area contributed by atoms with Gasteiger partial charge in [0, 0.05) is 56.2 Å². The first-order chi connectivity index (χ1) is 15.1. The first-order valence-electron chi connectivity index (χ1n) is 10.2. The van der Waals surface area contributed by atoms with Gasteiger partial charge in [-0.2, -0.15) is 0 Å². The maximum absolute atomic E-state index is 12.5. The maximum atomic E-state index is 12.5. The van der Waals surface area contributed by atoms with Crippen molar-refractivity contribution in [3.8, 4) is 5.75 Å². The van der Waals surface area contributed by atoms with Gasteiger partial charge >= 0.3 is 5.97 Å². The third-order valence-corrected chi connectivity index (χ3v) is 5.16. The Kier molecular flexibility index (Phi) is 6.12. The summed E-state index contributed by atoms with van der Waals surface area (Å²) in [7, 11) is 0. The number of hydrogen-bond donors (Lipinski definition) is 1. The number of rotatable bonds is 5. The second-order valence-corrected chi connectivity index (χ2v) is 7.30. The Morgan fingerprint density at radius 2 is 1.52 bits per heavy atom. The van der Waals surface area contributed by atoms with Crippen molar-refractivity contribution in [2.75, 3.05) is 41.3 Å². The predicted octanol–water partition coefficient (Wildman–Crippen LogP) is 3.59. The van der Waals surface area contributed by atoms with Crippen LogP contribution in [-0.2, 0) is 4.79 Å². The van der Waals surface area contributed by atoms with Crippen LogP contribution in [0.4, 0.5) is 17.1 Å². The molecule has 1 fully saturated rings. The number of ether oxygens (including phenoxy) is 1. The summed E-state index contributed by atoms with van der Waals surface area (Å²) in [5.74, 6) is -0.194. The van der Waals surface area contributed by atoms with Crippen LogP contribution in [-0.4, -0.2) is 43.0 Å². The fraction of sp³-hybridized carbons (Fsp3) is 0.208. The summed E-state index contributed by atoms with van der Waals surface area (Å²) in [6.07, 6.45) is 3.69. The number of anilines is 3. The lowest BCUT2D eigenvalue weighted by molar-refractivity contribution is -0.131. The van der Waals surface area contributed by atoms with Gasteiger partial charge in [0.2, 0.25) is 0 Å². The summed E-state index contributed by atoms with van der Waals surface area (Å²) in [5.41, 5.74) is 3.51. The van der Waals surface area contributed by atoms with Gasteiger partial charge in [-0.05, 0) is 60.7 Å². The molecule has 0 radical (unpaired) electrons. The van der Waals surface area contributed by atoms with Gasteiger partial charge in [0.25, 0.3) is 5.91 Å². The van der Waals surface area contributed by atoms with Crippen molar-refractivity contribution in [3.63, 3.8) is 0 Å². The van der Waals surface area contributed by atoms with E-state index in [9.17, 15) is 9.59 Å². The molecule has 1 amide bonds. The normalized spacial score (nSPS) is 13.6. The molecule has 31 heavy (non-hydrogen) atoms. The van der Waals surface area contributed by atoms with Crippen LogP contribution < -0.4 is 19.9 Å². The Labute approximate surface area is 181 Å². The van der Waals surface area contributed by atoms with Gasteiger partial charge in [0.1, 0.15) is 5.75 Å². The molecule has 0 atom stereocenters. The Morgan fingerprint density at radius 1 is 0.871 bits per heavy atom. The molecule has 1 saturated heterocycles. The third-order valence-electron chi connectivity index (χ3n) is 5.16. The molecule has 2 aromatic carbocycles. The molecule has 1 aliphatic heterocycles. The van der Waals surface area contributed by atoms with Gasteiger partial charge in [-0.15, -0.1) is 0 Å². The highest BCUT2D eigenvalue weighted by atomic mass is 16.5. The lowest BCUT2D eigenvalue weighted by Crippen LogP contribution is -2.46. The van der Waals surface area contributed by atoms with Gasteiger partial charge in [0.05, 0.1) is 11.9 Å². The zero-order chi connectivity index (χ0) is 21.6. The average Bonchev–Trinajstić information content (AvgIpc) is 2.80. The minimum Gasteiger partial charge on any atom is -0.427 e. The topological polar surface area (TPSA) is 74.8 Å². The van der Waals surface area contributed by atoms with E-state index >= 15 is 0 Å². The molecule has 1 aromatic heterocycles. The summed E-state index contributed by atoms with van der Waals surface area (Å²) >= 11 is 0. The minimum absolute atomic E-state index is 0.216. The molecule has 7 nitrogen and oxygen atoms in total. The van der Waals surface area contributed by atoms with Crippen molar-refractivity contribution in [1.82, 2.24) is 4.98 Å². The summed E-state index contributed by atoms with van der Waals surface area (Å²) in [5, 5.41) is 2.90. The van der Waals surface area contributed by atoms with Crippen LogP contribution in [0.25, 0.3) is 0 Å². The molecule has 3 aromatic rings. The molecule has 0 bridgehead atoms. The molecule has 0 saturated carbocycles. The molecule has 158 valence electrons. The standard InChI is InChI=1S/C24H24N4O3/c1-18(29)31-23-10-4-19(5-11-23)24(30)26-20-6-8-21(9-7-20)27-13-15-28(16-14-27)22-3-2-12-25-17-22/h2-12,17H,13-16H2,1H3,(H,26,30). The van der Waals surface area contributed by atoms with E-state index < -0.39 is 5.97 Å². The van der Waals surface area contributed by atoms with E-state index in [1.165, 1.54) is 6.92 Å². The maximum Gasteiger partial charge on any atom is 0.308 e. The molecule has 0 aliphatic carbocycles. The third kappa shape index (κ3) is 5.19. The fourth-order valence-electron chi connectivity index (χ4n) is 3.56. The number of esters is 1. The number of nitrogens with zero attached hydrogens (tertiary/aromatic N) is 3. The lowest BCUT2D eigenvalue weighted by atomic mass is 10.2. The molecule has 1 N–H and O–H groups in total. The van der Waals surface area contributed by atoms with E-state index in [0.29, 0.717) is 11.3 Å². The van der Waals surface area contributed by atoms with Crippen molar-refractivity contribution < 1.29 is 14.3 Å². The lowest BCUT2D eigenvalue weighted by Gasteiger charge is -2.37. The Morgan fingerprint density at radius 3 is 2.10 bits per heavy atom. The predicted molar refractivity (Wildman–Crippen MR) is 121 cm³/mol. The van der Waals surface area contributed by atoms with E-state index in [1.54, 1.807) is 30.5 Å². The number of amides is 1. The summed E-state index contributed by atoms with van der Waals surface area (Å²) in [4.78, 5) is 32.3. The van der Waals surface area contributed by atoms with E-state index in [2.05, 4.69) is 26.2 Å². The molecule has 1 aliphatic rings. The molecule has 2 heterocycles. The highest BCUT2D eigenvalue weighted by molar-refractivity contribution is 6.04. The van der Waals surface area contributed by atoms with Crippen LogP contribution in [0.3, 0.4) is 0 Å². The highest BCUT2D eigenvalue weighted by Gasteiger charge is 2.17. The van der Waals surface area contributed by atoms with E-state index in [1.807, 2.05) is 36.5 Å². The molecular formula is C24H24N4O3. The smallest absolute Gasteiger partial charge is 0.308 e. The SMILES string of the molecule is CC(=O)Oc1ccc(C(=O)Nc2ccc(N3CCN(c4cccnc4)CC3)cc2)cc1. The number of nitrogens with one attached hydrogen (secondary N) is 1. The van der Waals surface area contributed by atoms with Gasteiger partial charge in [-0.25, -0.2) is 0 Å². The van der Waals surface area contributed by atoms with E-state index in [0.717, 1.165) is 43.2 Å². The molecule has 0 unspecified atom stereocenters. The number of carbonyl (C=O) groups is 2. The van der Waals surface area contributed by atoms with Crippen LogP contribution >= 0.6 is 0 Å². The zero-order valence-electron chi connectivity index (χ0n) is 17.3. The highest BCUT2D eigenvalue weighted by Crippen LogP contribution is 2.22. The molecule has 7 heteroatoms. The van der Waals surface area contributed by atoms with Gasteiger partial charge in [-0.1, -0.05) is 0 Å². The number of pyridine rings is 1.